The van der Waals surface area contributed by atoms with Crippen molar-refractivity contribution in [2.24, 2.45) is 7.05 Å². The molecule has 0 radical (unpaired) electrons. The fourth-order valence-corrected chi connectivity index (χ4v) is 5.48. The second kappa shape index (κ2) is 9.50. The molecule has 2 aromatic heterocycles. The predicted molar refractivity (Wildman–Crippen MR) is 123 cm³/mol. The van der Waals surface area contributed by atoms with Crippen molar-refractivity contribution in [3.05, 3.63) is 70.8 Å². The minimum atomic E-state index is -3.67. The molecular formula is C23H29N5O4S. The zero-order valence-electron chi connectivity index (χ0n) is 19.1. The number of hydrogen-bond donors (Lipinski definition) is 1. The fraction of sp³-hybridized carbons (Fsp3) is 0.391. The van der Waals surface area contributed by atoms with Crippen LogP contribution in [0, 0.1) is 13.8 Å². The van der Waals surface area contributed by atoms with Gasteiger partial charge in [-0.05, 0) is 25.5 Å². The molecule has 10 heteroatoms. The Balaban J connectivity index is 1.46. The van der Waals surface area contributed by atoms with Crippen LogP contribution in [0.1, 0.15) is 33.0 Å². The summed E-state index contributed by atoms with van der Waals surface area (Å²) in [5, 5.41) is 7.54. The smallest absolute Gasteiger partial charge is 0.268 e. The van der Waals surface area contributed by atoms with Crippen molar-refractivity contribution >= 4 is 15.9 Å². The maximum Gasteiger partial charge on any atom is 0.268 e. The van der Waals surface area contributed by atoms with Crippen LogP contribution in [0.5, 0.6) is 0 Å². The van der Waals surface area contributed by atoms with Gasteiger partial charge in [-0.2, -0.15) is 9.40 Å². The third-order valence-electron chi connectivity index (χ3n) is 5.95. The second-order valence-electron chi connectivity index (χ2n) is 8.16. The third-order valence-corrected chi connectivity index (χ3v) is 7.82. The number of aryl methyl sites for hydroxylation is 2. The number of nitrogens with zero attached hydrogens (tertiary/aromatic N) is 4. The Hall–Kier alpha value is -2.95. The van der Waals surface area contributed by atoms with Crippen LogP contribution < -0.4 is 5.32 Å². The van der Waals surface area contributed by atoms with Gasteiger partial charge in [0, 0.05) is 44.1 Å². The van der Waals surface area contributed by atoms with Crippen molar-refractivity contribution in [3.63, 3.8) is 0 Å². The molecule has 9 nitrogen and oxygen atoms in total. The van der Waals surface area contributed by atoms with Crippen molar-refractivity contribution in [1.82, 2.24) is 24.0 Å². The number of hydrogen-bond acceptors (Lipinski definition) is 5. The second-order valence-corrected chi connectivity index (χ2v) is 10.1. The molecule has 4 rings (SSSR count). The minimum Gasteiger partial charge on any atom is -0.379 e. The van der Waals surface area contributed by atoms with Crippen molar-refractivity contribution < 1.29 is 17.9 Å². The molecule has 0 aliphatic carbocycles. The van der Waals surface area contributed by atoms with Gasteiger partial charge in [0.1, 0.15) is 10.6 Å². The molecule has 0 atom stereocenters. The maximum atomic E-state index is 12.9. The van der Waals surface area contributed by atoms with Crippen molar-refractivity contribution in [2.45, 2.75) is 31.8 Å². The van der Waals surface area contributed by atoms with E-state index in [0.29, 0.717) is 39.4 Å². The molecule has 1 aliphatic heterocycles. The molecule has 1 N–H and O–H groups in total. The Morgan fingerprint density at radius 1 is 1.15 bits per heavy atom. The van der Waals surface area contributed by atoms with Crippen molar-refractivity contribution in [3.8, 4) is 0 Å². The molecule has 0 saturated carbocycles. The number of carbonyl (C=O) groups is 1. The van der Waals surface area contributed by atoms with Crippen LogP contribution in [0.2, 0.25) is 0 Å². The summed E-state index contributed by atoms with van der Waals surface area (Å²) in [6, 6.07) is 11.5. The van der Waals surface area contributed by atoms with E-state index in [-0.39, 0.29) is 16.5 Å². The molecule has 176 valence electrons. The molecule has 33 heavy (non-hydrogen) atoms. The highest BCUT2D eigenvalue weighted by Gasteiger charge is 2.29. The van der Waals surface area contributed by atoms with Crippen LogP contribution in [0.4, 0.5) is 0 Å². The van der Waals surface area contributed by atoms with Gasteiger partial charge in [-0.3, -0.25) is 9.48 Å². The number of aromatic nitrogens is 3. The summed E-state index contributed by atoms with van der Waals surface area (Å²) in [6.45, 7) is 6.23. The van der Waals surface area contributed by atoms with E-state index in [1.165, 1.54) is 16.6 Å². The number of sulfonamides is 1. The lowest BCUT2D eigenvalue weighted by atomic mass is 10.2. The molecule has 1 aliphatic rings. The minimum absolute atomic E-state index is 0.111. The Morgan fingerprint density at radius 2 is 1.85 bits per heavy atom. The fourth-order valence-electron chi connectivity index (χ4n) is 4.00. The largest absolute Gasteiger partial charge is 0.379 e. The van der Waals surface area contributed by atoms with Crippen LogP contribution in [-0.2, 0) is 34.9 Å². The first-order valence-corrected chi connectivity index (χ1v) is 12.3. The molecule has 3 aromatic rings. The third kappa shape index (κ3) is 4.87. The van der Waals surface area contributed by atoms with Gasteiger partial charge >= 0.3 is 0 Å². The van der Waals surface area contributed by atoms with Crippen LogP contribution >= 0.6 is 0 Å². The molecule has 0 bridgehead atoms. The molecule has 0 unspecified atom stereocenters. The van der Waals surface area contributed by atoms with E-state index in [2.05, 4.69) is 22.5 Å². The summed E-state index contributed by atoms with van der Waals surface area (Å²) >= 11 is 0. The van der Waals surface area contributed by atoms with Gasteiger partial charge < -0.3 is 14.6 Å². The number of amides is 1. The first kappa shape index (κ1) is 23.2. The standard InChI is InChI=1S/C23H29N5O4S/c1-17-21(18(2)28(25-17)15-19-7-5-4-6-8-19)14-24-23(29)22-13-20(16-26(22)3)33(30,31)27-9-11-32-12-10-27/h4-8,13,16H,9-12,14-15H2,1-3H3,(H,24,29). The molecular weight excluding hydrogens is 442 g/mol. The zero-order chi connectivity index (χ0) is 23.6. The van der Waals surface area contributed by atoms with Gasteiger partial charge in [0.2, 0.25) is 10.0 Å². The van der Waals surface area contributed by atoms with Gasteiger partial charge in [0.25, 0.3) is 5.91 Å². The molecule has 0 spiro atoms. The molecule has 1 fully saturated rings. The van der Waals surface area contributed by atoms with E-state index in [1.54, 1.807) is 11.6 Å². The van der Waals surface area contributed by atoms with Gasteiger partial charge in [-0.25, -0.2) is 8.42 Å². The quantitative estimate of drug-likeness (QED) is 0.567. The van der Waals surface area contributed by atoms with Crippen LogP contribution in [-0.4, -0.2) is 59.3 Å². The molecule has 1 amide bonds. The van der Waals surface area contributed by atoms with E-state index >= 15 is 0 Å². The lowest BCUT2D eigenvalue weighted by Gasteiger charge is -2.25. The lowest BCUT2D eigenvalue weighted by Crippen LogP contribution is -2.40. The highest BCUT2D eigenvalue weighted by Crippen LogP contribution is 2.20. The summed E-state index contributed by atoms with van der Waals surface area (Å²) < 4.78 is 35.9. The van der Waals surface area contributed by atoms with Crippen molar-refractivity contribution in [2.75, 3.05) is 26.3 Å². The van der Waals surface area contributed by atoms with Gasteiger partial charge in [0.05, 0.1) is 25.5 Å². The Labute approximate surface area is 194 Å². The Kier molecular flexibility index (Phi) is 6.68. The van der Waals surface area contributed by atoms with Gasteiger partial charge in [-0.1, -0.05) is 30.3 Å². The normalized spacial score (nSPS) is 15.0. The SMILES string of the molecule is Cc1nn(Cc2ccccc2)c(C)c1CNC(=O)c1cc(S(=O)(=O)N2CCOCC2)cn1C. The lowest BCUT2D eigenvalue weighted by molar-refractivity contribution is 0.0730. The Bertz CT molecular complexity index is 1240. The van der Waals surface area contributed by atoms with E-state index in [0.717, 1.165) is 22.5 Å². The van der Waals surface area contributed by atoms with E-state index in [9.17, 15) is 13.2 Å². The predicted octanol–water partition coefficient (Wildman–Crippen LogP) is 1.84. The number of nitrogens with one attached hydrogen (secondary N) is 1. The number of morpholine rings is 1. The van der Waals surface area contributed by atoms with E-state index in [4.69, 9.17) is 4.74 Å². The van der Waals surface area contributed by atoms with Crippen LogP contribution in [0.3, 0.4) is 0 Å². The van der Waals surface area contributed by atoms with E-state index < -0.39 is 10.0 Å². The van der Waals surface area contributed by atoms with Crippen molar-refractivity contribution in [1.29, 1.82) is 0 Å². The number of carbonyl (C=O) groups excluding carboxylic acids is 1. The topological polar surface area (TPSA) is 98.5 Å². The summed E-state index contributed by atoms with van der Waals surface area (Å²) in [6.07, 6.45) is 1.48. The average molecular weight is 472 g/mol. The summed E-state index contributed by atoms with van der Waals surface area (Å²) in [7, 11) is -2.00. The molecule has 1 saturated heterocycles. The first-order chi connectivity index (χ1) is 15.8. The summed E-state index contributed by atoms with van der Waals surface area (Å²) in [4.78, 5) is 13.0. The number of ether oxygens (including phenoxy) is 1. The summed E-state index contributed by atoms with van der Waals surface area (Å²) in [5.74, 6) is -0.337. The first-order valence-electron chi connectivity index (χ1n) is 10.9. The molecule has 3 heterocycles. The zero-order valence-corrected chi connectivity index (χ0v) is 19.9. The molecule has 1 aromatic carbocycles. The number of benzene rings is 1. The average Bonchev–Trinajstić information content (AvgIpc) is 3.33. The highest BCUT2D eigenvalue weighted by atomic mass is 32.2. The Morgan fingerprint density at radius 3 is 2.55 bits per heavy atom. The van der Waals surface area contributed by atoms with E-state index in [1.807, 2.05) is 36.7 Å². The summed E-state index contributed by atoms with van der Waals surface area (Å²) in [5.41, 5.74) is 4.23. The number of rotatable bonds is 7. The highest BCUT2D eigenvalue weighted by molar-refractivity contribution is 7.89. The van der Waals surface area contributed by atoms with Gasteiger partial charge in [-0.15, -0.1) is 0 Å². The van der Waals surface area contributed by atoms with Gasteiger partial charge in [0.15, 0.2) is 0 Å². The van der Waals surface area contributed by atoms with Crippen LogP contribution in [0.25, 0.3) is 0 Å². The van der Waals surface area contributed by atoms with Crippen LogP contribution in [0.15, 0.2) is 47.5 Å². The maximum absolute atomic E-state index is 12.9. The monoisotopic (exact) mass is 471 g/mol.